The predicted molar refractivity (Wildman–Crippen MR) is 75.2 cm³/mol. The molecule has 0 aliphatic heterocycles. The zero-order valence-corrected chi connectivity index (χ0v) is 11.6. The molecule has 0 saturated carbocycles. The zero-order chi connectivity index (χ0) is 12.7. The molecule has 0 spiro atoms. The van der Waals surface area contributed by atoms with Gasteiger partial charge in [-0.2, -0.15) is 0 Å². The lowest BCUT2D eigenvalue weighted by Crippen LogP contribution is -2.29. The van der Waals surface area contributed by atoms with Crippen LogP contribution in [0.5, 0.6) is 5.75 Å². The summed E-state index contributed by atoms with van der Waals surface area (Å²) in [5.74, 6) is 0.782. The normalized spacial score (nSPS) is 11.3. The van der Waals surface area contributed by atoms with E-state index in [1.807, 2.05) is 31.2 Å². The van der Waals surface area contributed by atoms with Crippen molar-refractivity contribution in [3.63, 3.8) is 0 Å². The lowest BCUT2D eigenvalue weighted by Gasteiger charge is -2.08. The quantitative estimate of drug-likeness (QED) is 0.825. The summed E-state index contributed by atoms with van der Waals surface area (Å²) in [6.45, 7) is 2.55. The average molecular weight is 273 g/mol. The summed E-state index contributed by atoms with van der Waals surface area (Å²) in [6.07, 6.45) is 1.17. The molecule has 1 aromatic rings. The first-order valence-corrected chi connectivity index (χ1v) is 5.77. The van der Waals surface area contributed by atoms with Gasteiger partial charge in [-0.15, -0.1) is 12.4 Å². The number of carbonyl (C=O) groups excluding carboxylic acids is 1. The van der Waals surface area contributed by atoms with E-state index in [1.165, 1.54) is 0 Å². The first kappa shape index (κ1) is 16.7. The number of ether oxygens (including phenoxy) is 1. The number of amides is 1. The van der Waals surface area contributed by atoms with Crippen molar-refractivity contribution in [1.29, 1.82) is 0 Å². The molecule has 0 saturated heterocycles. The second kappa shape index (κ2) is 8.78. The molecule has 1 rings (SSSR count). The van der Waals surface area contributed by atoms with Gasteiger partial charge in [-0.1, -0.05) is 12.1 Å². The molecular weight excluding hydrogens is 252 g/mol. The Morgan fingerprint density at radius 1 is 1.50 bits per heavy atom. The fraction of sp³-hybridized carbons (Fsp3) is 0.462. The van der Waals surface area contributed by atoms with Gasteiger partial charge in [0.25, 0.3) is 0 Å². The number of nitrogens with one attached hydrogen (secondary N) is 1. The van der Waals surface area contributed by atoms with Gasteiger partial charge >= 0.3 is 0 Å². The summed E-state index contributed by atoms with van der Waals surface area (Å²) in [5, 5.41) is 2.84. The third kappa shape index (κ3) is 6.47. The number of halogens is 1. The molecule has 1 amide bonds. The standard InChI is InChI=1S/C13H20N2O2.ClH/c1-10(14)6-7-15-13(16)9-11-4-3-5-12(8-11)17-2;/h3-5,8,10H,6-7,9,14H2,1-2H3,(H,15,16);1H. The second-order valence-electron chi connectivity index (χ2n) is 4.14. The highest BCUT2D eigenvalue weighted by molar-refractivity contribution is 5.85. The van der Waals surface area contributed by atoms with Crippen molar-refractivity contribution >= 4 is 18.3 Å². The Morgan fingerprint density at radius 2 is 2.22 bits per heavy atom. The molecule has 0 radical (unpaired) electrons. The third-order valence-corrected chi connectivity index (χ3v) is 2.42. The van der Waals surface area contributed by atoms with E-state index in [-0.39, 0.29) is 24.4 Å². The van der Waals surface area contributed by atoms with Gasteiger partial charge in [0.2, 0.25) is 5.91 Å². The first-order chi connectivity index (χ1) is 8.11. The molecular formula is C13H21ClN2O2. The number of carbonyl (C=O) groups is 1. The summed E-state index contributed by atoms with van der Waals surface area (Å²) in [4.78, 5) is 11.6. The van der Waals surface area contributed by atoms with Crippen LogP contribution in [0.15, 0.2) is 24.3 Å². The zero-order valence-electron chi connectivity index (χ0n) is 10.8. The highest BCUT2D eigenvalue weighted by atomic mass is 35.5. The number of hydrogen-bond donors (Lipinski definition) is 2. The maximum Gasteiger partial charge on any atom is 0.224 e. The van der Waals surface area contributed by atoms with Crippen LogP contribution >= 0.6 is 12.4 Å². The minimum Gasteiger partial charge on any atom is -0.497 e. The van der Waals surface area contributed by atoms with E-state index in [9.17, 15) is 4.79 Å². The molecule has 1 unspecified atom stereocenters. The molecule has 0 aliphatic carbocycles. The summed E-state index contributed by atoms with van der Waals surface area (Å²) in [7, 11) is 1.61. The molecule has 4 nitrogen and oxygen atoms in total. The molecule has 0 fully saturated rings. The molecule has 1 aromatic carbocycles. The molecule has 18 heavy (non-hydrogen) atoms. The first-order valence-electron chi connectivity index (χ1n) is 5.77. The van der Waals surface area contributed by atoms with Crippen LogP contribution in [0, 0.1) is 0 Å². The van der Waals surface area contributed by atoms with Crippen LogP contribution in [0.3, 0.4) is 0 Å². The van der Waals surface area contributed by atoms with Crippen molar-refractivity contribution in [3.05, 3.63) is 29.8 Å². The molecule has 0 bridgehead atoms. The molecule has 0 aliphatic rings. The maximum atomic E-state index is 11.6. The fourth-order valence-electron chi connectivity index (χ4n) is 1.47. The molecule has 1 atom stereocenters. The van der Waals surface area contributed by atoms with Crippen LogP contribution in [-0.2, 0) is 11.2 Å². The Bertz CT molecular complexity index is 370. The van der Waals surface area contributed by atoms with Crippen LogP contribution in [0.4, 0.5) is 0 Å². The monoisotopic (exact) mass is 272 g/mol. The van der Waals surface area contributed by atoms with Crippen molar-refractivity contribution < 1.29 is 9.53 Å². The van der Waals surface area contributed by atoms with E-state index < -0.39 is 0 Å². The Labute approximate surface area is 114 Å². The van der Waals surface area contributed by atoms with Crippen molar-refractivity contribution in [2.24, 2.45) is 5.73 Å². The average Bonchev–Trinajstić information content (AvgIpc) is 2.28. The molecule has 3 N–H and O–H groups in total. The predicted octanol–water partition coefficient (Wildman–Crippen LogP) is 1.51. The second-order valence-corrected chi connectivity index (χ2v) is 4.14. The van der Waals surface area contributed by atoms with Gasteiger partial charge in [0.05, 0.1) is 13.5 Å². The lowest BCUT2D eigenvalue weighted by molar-refractivity contribution is -0.120. The number of methoxy groups -OCH3 is 1. The van der Waals surface area contributed by atoms with Crippen LogP contribution < -0.4 is 15.8 Å². The molecule has 0 aromatic heterocycles. The van der Waals surface area contributed by atoms with Gasteiger partial charge < -0.3 is 15.8 Å². The molecule has 0 heterocycles. The van der Waals surface area contributed by atoms with E-state index >= 15 is 0 Å². The summed E-state index contributed by atoms with van der Waals surface area (Å²) >= 11 is 0. The highest BCUT2D eigenvalue weighted by Crippen LogP contribution is 2.12. The number of benzene rings is 1. The Morgan fingerprint density at radius 3 is 2.83 bits per heavy atom. The van der Waals surface area contributed by atoms with Crippen molar-refractivity contribution in [1.82, 2.24) is 5.32 Å². The Hall–Kier alpha value is -1.26. The van der Waals surface area contributed by atoms with Crippen LogP contribution in [0.2, 0.25) is 0 Å². The van der Waals surface area contributed by atoms with Crippen molar-refractivity contribution in [3.8, 4) is 5.75 Å². The summed E-state index contributed by atoms with van der Waals surface area (Å²) in [6, 6.07) is 7.63. The van der Waals surface area contributed by atoms with Gasteiger partial charge in [-0.05, 0) is 31.0 Å². The van der Waals surface area contributed by atoms with Crippen molar-refractivity contribution in [2.45, 2.75) is 25.8 Å². The van der Waals surface area contributed by atoms with Gasteiger partial charge in [-0.25, -0.2) is 0 Å². The van der Waals surface area contributed by atoms with Crippen molar-refractivity contribution in [2.75, 3.05) is 13.7 Å². The minimum absolute atomic E-state index is 0. The van der Waals surface area contributed by atoms with Gasteiger partial charge in [0.1, 0.15) is 5.75 Å². The van der Waals surface area contributed by atoms with Gasteiger partial charge in [-0.3, -0.25) is 4.79 Å². The van der Waals surface area contributed by atoms with Crippen LogP contribution in [0.25, 0.3) is 0 Å². The van der Waals surface area contributed by atoms with E-state index in [4.69, 9.17) is 10.5 Å². The number of rotatable bonds is 6. The smallest absolute Gasteiger partial charge is 0.224 e. The van der Waals surface area contributed by atoms with Crippen LogP contribution in [0.1, 0.15) is 18.9 Å². The molecule has 5 heteroatoms. The lowest BCUT2D eigenvalue weighted by atomic mass is 10.1. The van der Waals surface area contributed by atoms with E-state index in [2.05, 4.69) is 5.32 Å². The van der Waals surface area contributed by atoms with Crippen LogP contribution in [-0.4, -0.2) is 25.6 Å². The van der Waals surface area contributed by atoms with E-state index in [1.54, 1.807) is 7.11 Å². The maximum absolute atomic E-state index is 11.6. The number of nitrogens with two attached hydrogens (primary N) is 1. The summed E-state index contributed by atoms with van der Waals surface area (Å²) in [5.41, 5.74) is 6.55. The largest absolute Gasteiger partial charge is 0.497 e. The van der Waals surface area contributed by atoms with Gasteiger partial charge in [0, 0.05) is 12.6 Å². The topological polar surface area (TPSA) is 64.3 Å². The number of hydrogen-bond acceptors (Lipinski definition) is 3. The Balaban J connectivity index is 0.00000289. The molecule has 102 valence electrons. The summed E-state index contributed by atoms with van der Waals surface area (Å²) < 4.78 is 5.10. The minimum atomic E-state index is 0. The Kier molecular flexibility index (Phi) is 8.16. The highest BCUT2D eigenvalue weighted by Gasteiger charge is 2.04. The third-order valence-electron chi connectivity index (χ3n) is 2.42. The fourth-order valence-corrected chi connectivity index (χ4v) is 1.47. The van der Waals surface area contributed by atoms with E-state index in [0.717, 1.165) is 17.7 Å². The van der Waals surface area contributed by atoms with E-state index in [0.29, 0.717) is 13.0 Å². The SMILES string of the molecule is COc1cccc(CC(=O)NCCC(C)N)c1.Cl. The van der Waals surface area contributed by atoms with Gasteiger partial charge in [0.15, 0.2) is 0 Å².